The van der Waals surface area contributed by atoms with E-state index in [0.717, 1.165) is 75.7 Å². The topological polar surface area (TPSA) is 84.2 Å². The molecule has 188 valence electrons. The standard InChI is InChI=1S/C27H31N5O4/c33-27(32-13-11-30(12-14-32)16-20-8-9-23-24(15-20)35-19-34-23)22-7-4-10-31(17-22)18-25-28-26(29-36-25)21-5-2-1-3-6-21/h1-3,5-6,8-9,15,22H,4,7,10-14,16-19H2. The highest BCUT2D eigenvalue weighted by molar-refractivity contribution is 5.79. The Morgan fingerprint density at radius 3 is 2.61 bits per heavy atom. The molecule has 0 radical (unpaired) electrons. The summed E-state index contributed by atoms with van der Waals surface area (Å²) >= 11 is 0. The molecule has 2 saturated heterocycles. The Bertz CT molecular complexity index is 1190. The van der Waals surface area contributed by atoms with Gasteiger partial charge in [0, 0.05) is 44.8 Å². The number of rotatable bonds is 6. The minimum atomic E-state index is 0.0238. The highest BCUT2D eigenvalue weighted by Crippen LogP contribution is 2.33. The molecule has 9 heteroatoms. The average Bonchev–Trinajstić information content (AvgIpc) is 3.59. The van der Waals surface area contributed by atoms with Crippen LogP contribution in [0.5, 0.6) is 11.5 Å². The Morgan fingerprint density at radius 2 is 1.75 bits per heavy atom. The summed E-state index contributed by atoms with van der Waals surface area (Å²) in [6.45, 7) is 6.69. The molecule has 6 rings (SSSR count). The third kappa shape index (κ3) is 5.08. The second-order valence-electron chi connectivity index (χ2n) is 9.74. The maximum Gasteiger partial charge on any atom is 0.241 e. The number of hydrogen-bond donors (Lipinski definition) is 0. The highest BCUT2D eigenvalue weighted by atomic mass is 16.7. The molecule has 1 unspecified atom stereocenters. The van der Waals surface area contributed by atoms with Crippen molar-refractivity contribution in [1.82, 2.24) is 24.8 Å². The SMILES string of the molecule is O=C(C1CCCN(Cc2nc(-c3ccccc3)no2)C1)N1CCN(Cc2ccc3c(c2)OCO3)CC1. The normalized spacial score (nSPS) is 20.6. The van der Waals surface area contributed by atoms with E-state index in [1.54, 1.807) is 0 Å². The van der Waals surface area contributed by atoms with E-state index in [9.17, 15) is 4.79 Å². The summed E-state index contributed by atoms with van der Waals surface area (Å²) in [5.74, 6) is 3.13. The lowest BCUT2D eigenvalue weighted by molar-refractivity contribution is -0.139. The summed E-state index contributed by atoms with van der Waals surface area (Å²) in [5, 5.41) is 4.13. The molecule has 1 aromatic heterocycles. The Balaban J connectivity index is 0.995. The molecule has 2 aromatic carbocycles. The van der Waals surface area contributed by atoms with Crippen molar-refractivity contribution in [3.8, 4) is 22.9 Å². The number of carbonyl (C=O) groups is 1. The van der Waals surface area contributed by atoms with Crippen LogP contribution in [0.1, 0.15) is 24.3 Å². The van der Waals surface area contributed by atoms with Gasteiger partial charge in [0.1, 0.15) is 0 Å². The smallest absolute Gasteiger partial charge is 0.241 e. The van der Waals surface area contributed by atoms with E-state index >= 15 is 0 Å². The van der Waals surface area contributed by atoms with Gasteiger partial charge in [-0.05, 0) is 37.1 Å². The van der Waals surface area contributed by atoms with Gasteiger partial charge < -0.3 is 18.9 Å². The van der Waals surface area contributed by atoms with Crippen molar-refractivity contribution in [2.45, 2.75) is 25.9 Å². The van der Waals surface area contributed by atoms with Crippen LogP contribution in [-0.2, 0) is 17.9 Å². The first kappa shape index (κ1) is 23.0. The maximum atomic E-state index is 13.3. The van der Waals surface area contributed by atoms with E-state index in [0.29, 0.717) is 25.1 Å². The van der Waals surface area contributed by atoms with Gasteiger partial charge in [0.2, 0.25) is 24.4 Å². The van der Waals surface area contributed by atoms with E-state index in [1.807, 2.05) is 41.3 Å². The van der Waals surface area contributed by atoms with Crippen molar-refractivity contribution in [3.63, 3.8) is 0 Å². The first-order valence-corrected chi connectivity index (χ1v) is 12.7. The molecular formula is C27H31N5O4. The molecule has 0 saturated carbocycles. The second kappa shape index (κ2) is 10.3. The lowest BCUT2D eigenvalue weighted by Crippen LogP contribution is -2.52. The van der Waals surface area contributed by atoms with Crippen molar-refractivity contribution in [2.75, 3.05) is 46.1 Å². The first-order valence-electron chi connectivity index (χ1n) is 12.7. The van der Waals surface area contributed by atoms with Gasteiger partial charge in [-0.3, -0.25) is 14.6 Å². The molecule has 0 spiro atoms. The third-order valence-electron chi connectivity index (χ3n) is 7.24. The van der Waals surface area contributed by atoms with Crippen molar-refractivity contribution in [2.24, 2.45) is 5.92 Å². The predicted octanol–water partition coefficient (Wildman–Crippen LogP) is 3.02. The van der Waals surface area contributed by atoms with Gasteiger partial charge in [-0.1, -0.05) is 41.6 Å². The van der Waals surface area contributed by atoms with Crippen LogP contribution in [-0.4, -0.2) is 76.8 Å². The molecule has 36 heavy (non-hydrogen) atoms. The number of aromatic nitrogens is 2. The highest BCUT2D eigenvalue weighted by Gasteiger charge is 2.31. The number of carbonyl (C=O) groups excluding carboxylic acids is 1. The lowest BCUT2D eigenvalue weighted by atomic mass is 9.96. The van der Waals surface area contributed by atoms with Crippen LogP contribution in [0, 0.1) is 5.92 Å². The number of likely N-dealkylation sites (tertiary alicyclic amines) is 1. The fourth-order valence-electron chi connectivity index (χ4n) is 5.30. The Morgan fingerprint density at radius 1 is 0.917 bits per heavy atom. The Labute approximate surface area is 210 Å². The second-order valence-corrected chi connectivity index (χ2v) is 9.74. The molecule has 1 amide bonds. The van der Waals surface area contributed by atoms with Crippen molar-refractivity contribution < 1.29 is 18.8 Å². The molecule has 9 nitrogen and oxygen atoms in total. The van der Waals surface area contributed by atoms with Crippen LogP contribution in [0.4, 0.5) is 0 Å². The number of hydrogen-bond acceptors (Lipinski definition) is 8. The zero-order chi connectivity index (χ0) is 24.3. The number of piperidine rings is 1. The lowest BCUT2D eigenvalue weighted by Gasteiger charge is -2.38. The van der Waals surface area contributed by atoms with Crippen molar-refractivity contribution in [1.29, 1.82) is 0 Å². The van der Waals surface area contributed by atoms with E-state index in [4.69, 9.17) is 14.0 Å². The summed E-state index contributed by atoms with van der Waals surface area (Å²) in [7, 11) is 0. The molecular weight excluding hydrogens is 458 g/mol. The summed E-state index contributed by atoms with van der Waals surface area (Å²) in [4.78, 5) is 24.6. The van der Waals surface area contributed by atoms with Crippen LogP contribution in [0.3, 0.4) is 0 Å². The van der Waals surface area contributed by atoms with Gasteiger partial charge >= 0.3 is 0 Å². The summed E-state index contributed by atoms with van der Waals surface area (Å²) < 4.78 is 16.4. The van der Waals surface area contributed by atoms with Crippen LogP contribution in [0.25, 0.3) is 11.4 Å². The zero-order valence-corrected chi connectivity index (χ0v) is 20.3. The Kier molecular flexibility index (Phi) is 6.57. The monoisotopic (exact) mass is 489 g/mol. The number of ether oxygens (including phenoxy) is 2. The fraction of sp³-hybridized carbons (Fsp3) is 0.444. The van der Waals surface area contributed by atoms with Gasteiger partial charge in [0.05, 0.1) is 12.5 Å². The van der Waals surface area contributed by atoms with Crippen LogP contribution in [0.2, 0.25) is 0 Å². The molecule has 3 aliphatic heterocycles. The third-order valence-corrected chi connectivity index (χ3v) is 7.24. The van der Waals surface area contributed by atoms with E-state index < -0.39 is 0 Å². The number of piperazine rings is 1. The molecule has 0 N–H and O–H groups in total. The Hall–Kier alpha value is -3.43. The predicted molar refractivity (Wildman–Crippen MR) is 132 cm³/mol. The maximum absolute atomic E-state index is 13.3. The molecule has 3 aromatic rings. The van der Waals surface area contributed by atoms with Crippen molar-refractivity contribution in [3.05, 3.63) is 60.0 Å². The fourth-order valence-corrected chi connectivity index (χ4v) is 5.30. The molecule has 0 aliphatic carbocycles. The van der Waals surface area contributed by atoms with E-state index in [2.05, 4.69) is 32.1 Å². The van der Waals surface area contributed by atoms with Crippen molar-refractivity contribution >= 4 is 5.91 Å². The summed E-state index contributed by atoms with van der Waals surface area (Å²) in [5.41, 5.74) is 2.15. The van der Waals surface area contributed by atoms with E-state index in [1.165, 1.54) is 5.56 Å². The summed E-state index contributed by atoms with van der Waals surface area (Å²) in [6, 6.07) is 16.0. The molecule has 3 aliphatic rings. The largest absolute Gasteiger partial charge is 0.454 e. The molecule has 0 bridgehead atoms. The first-order chi connectivity index (χ1) is 17.7. The van der Waals surface area contributed by atoms with Gasteiger partial charge in [-0.2, -0.15) is 4.98 Å². The van der Waals surface area contributed by atoms with Gasteiger partial charge in [-0.15, -0.1) is 0 Å². The van der Waals surface area contributed by atoms with Gasteiger partial charge in [0.25, 0.3) is 0 Å². The molecule has 4 heterocycles. The average molecular weight is 490 g/mol. The quantitative estimate of drug-likeness (QED) is 0.523. The minimum absolute atomic E-state index is 0.0238. The molecule has 2 fully saturated rings. The van der Waals surface area contributed by atoms with Crippen LogP contribution < -0.4 is 9.47 Å². The van der Waals surface area contributed by atoms with E-state index in [-0.39, 0.29) is 11.8 Å². The van der Waals surface area contributed by atoms with Gasteiger partial charge in [0.15, 0.2) is 11.5 Å². The number of amides is 1. The van der Waals surface area contributed by atoms with Crippen LogP contribution >= 0.6 is 0 Å². The zero-order valence-electron chi connectivity index (χ0n) is 20.3. The minimum Gasteiger partial charge on any atom is -0.454 e. The number of nitrogens with zero attached hydrogens (tertiary/aromatic N) is 5. The number of fused-ring (bicyclic) bond motifs is 1. The van der Waals surface area contributed by atoms with Crippen LogP contribution in [0.15, 0.2) is 53.1 Å². The van der Waals surface area contributed by atoms with Gasteiger partial charge in [-0.25, -0.2) is 0 Å². The number of benzene rings is 2. The summed E-state index contributed by atoms with van der Waals surface area (Å²) in [6.07, 6.45) is 1.94. The molecule has 1 atom stereocenters.